The van der Waals surface area contributed by atoms with E-state index in [2.05, 4.69) is 27.9 Å². The van der Waals surface area contributed by atoms with E-state index < -0.39 is 11.9 Å². The molecule has 0 radical (unpaired) electrons. The van der Waals surface area contributed by atoms with Crippen molar-refractivity contribution in [2.75, 3.05) is 6.61 Å². The molecule has 37 heavy (non-hydrogen) atoms. The molecule has 0 aromatic heterocycles. The van der Waals surface area contributed by atoms with Gasteiger partial charge in [0, 0.05) is 43.9 Å². The number of benzene rings is 3. The molecule has 188 valence electrons. The summed E-state index contributed by atoms with van der Waals surface area (Å²) in [4.78, 5) is 26.7. The van der Waals surface area contributed by atoms with Gasteiger partial charge in [0.2, 0.25) is 0 Å². The van der Waals surface area contributed by atoms with Crippen molar-refractivity contribution in [3.8, 4) is 5.75 Å². The number of halogens is 3. The molecule has 5 nitrogen and oxygen atoms in total. The Morgan fingerprint density at radius 1 is 1.05 bits per heavy atom. The van der Waals surface area contributed by atoms with Crippen molar-refractivity contribution >= 4 is 63.2 Å². The Bertz CT molecular complexity index is 1510. The Hall–Kier alpha value is -2.81. The standard InChI is InChI=1S/C29H22Cl2INO4/c1-3-36-29(35)24-15(2)33-27-19-6-4-5-7-20(19)28(34)26(27)25(24)16-9-11-23(22(32)12-16)37-14-17-8-10-18(30)13-21(17)31/h4-13,25,33H,3,14H2,1-2H3/t25-/m1/s1. The molecule has 3 aromatic rings. The lowest BCUT2D eigenvalue weighted by molar-refractivity contribution is -0.138. The summed E-state index contributed by atoms with van der Waals surface area (Å²) in [5.41, 5.74) is 5.46. The first-order valence-electron chi connectivity index (χ1n) is 11.7. The van der Waals surface area contributed by atoms with E-state index in [0.717, 1.165) is 26.0 Å². The van der Waals surface area contributed by atoms with Gasteiger partial charge in [-0.3, -0.25) is 4.79 Å². The maximum absolute atomic E-state index is 13.6. The smallest absolute Gasteiger partial charge is 0.336 e. The van der Waals surface area contributed by atoms with Gasteiger partial charge in [0.15, 0.2) is 5.78 Å². The normalized spacial score (nSPS) is 16.4. The number of rotatable bonds is 6. The summed E-state index contributed by atoms with van der Waals surface area (Å²) >= 11 is 14.5. The van der Waals surface area contributed by atoms with Gasteiger partial charge >= 0.3 is 5.97 Å². The summed E-state index contributed by atoms with van der Waals surface area (Å²) in [6.07, 6.45) is 0. The van der Waals surface area contributed by atoms with Crippen LogP contribution in [-0.2, 0) is 16.1 Å². The Kier molecular flexibility index (Phi) is 7.34. The van der Waals surface area contributed by atoms with Gasteiger partial charge in [0.1, 0.15) is 12.4 Å². The lowest BCUT2D eigenvalue weighted by Crippen LogP contribution is -2.29. The first-order chi connectivity index (χ1) is 17.8. The third-order valence-corrected chi connectivity index (χ3v) is 7.86. The molecule has 2 aliphatic rings. The van der Waals surface area contributed by atoms with E-state index in [0.29, 0.717) is 38.2 Å². The summed E-state index contributed by atoms with van der Waals surface area (Å²) < 4.78 is 12.3. The lowest BCUT2D eigenvalue weighted by atomic mass is 9.80. The molecule has 0 unspecified atom stereocenters. The van der Waals surface area contributed by atoms with E-state index in [9.17, 15) is 9.59 Å². The minimum absolute atomic E-state index is 0.0925. The molecule has 1 N–H and O–H groups in total. The summed E-state index contributed by atoms with van der Waals surface area (Å²) in [7, 11) is 0. The topological polar surface area (TPSA) is 64.6 Å². The molecule has 0 amide bonds. The second-order valence-electron chi connectivity index (χ2n) is 8.69. The van der Waals surface area contributed by atoms with Crippen LogP contribution < -0.4 is 10.1 Å². The third kappa shape index (κ3) is 4.78. The van der Waals surface area contributed by atoms with Gasteiger partial charge in [0.05, 0.1) is 21.4 Å². The van der Waals surface area contributed by atoms with Crippen molar-refractivity contribution in [3.05, 3.63) is 113 Å². The van der Waals surface area contributed by atoms with Crippen LogP contribution in [0.4, 0.5) is 0 Å². The van der Waals surface area contributed by atoms with Gasteiger partial charge in [-0.2, -0.15) is 0 Å². The predicted molar refractivity (Wildman–Crippen MR) is 153 cm³/mol. The second-order valence-corrected chi connectivity index (χ2v) is 10.7. The Morgan fingerprint density at radius 2 is 1.81 bits per heavy atom. The minimum Gasteiger partial charge on any atom is -0.488 e. The highest BCUT2D eigenvalue weighted by molar-refractivity contribution is 14.1. The highest BCUT2D eigenvalue weighted by atomic mass is 127. The molecule has 0 spiro atoms. The summed E-state index contributed by atoms with van der Waals surface area (Å²) in [6, 6.07) is 18.5. The molecule has 0 bridgehead atoms. The van der Waals surface area contributed by atoms with E-state index in [1.807, 2.05) is 55.5 Å². The zero-order chi connectivity index (χ0) is 26.3. The molecule has 0 saturated carbocycles. The average Bonchev–Trinajstić information content (AvgIpc) is 3.15. The van der Waals surface area contributed by atoms with Crippen molar-refractivity contribution < 1.29 is 19.1 Å². The summed E-state index contributed by atoms with van der Waals surface area (Å²) in [5.74, 6) is -0.452. The maximum atomic E-state index is 13.6. The number of esters is 1. The molecular weight excluding hydrogens is 624 g/mol. The number of dihydropyridines is 1. The first kappa shape index (κ1) is 25.8. The van der Waals surface area contributed by atoms with Crippen LogP contribution in [0.15, 0.2) is 77.5 Å². The second kappa shape index (κ2) is 10.5. The number of allylic oxidation sites excluding steroid dienone is 2. The number of ketones is 1. The molecule has 1 atom stereocenters. The van der Waals surface area contributed by atoms with Crippen LogP contribution in [0.2, 0.25) is 10.0 Å². The van der Waals surface area contributed by atoms with E-state index in [1.54, 1.807) is 19.1 Å². The largest absolute Gasteiger partial charge is 0.488 e. The number of carbonyl (C=O) groups is 2. The van der Waals surface area contributed by atoms with Crippen LogP contribution in [-0.4, -0.2) is 18.4 Å². The molecule has 8 heteroatoms. The molecule has 1 heterocycles. The monoisotopic (exact) mass is 645 g/mol. The van der Waals surface area contributed by atoms with Crippen LogP contribution in [0.5, 0.6) is 5.75 Å². The number of hydrogen-bond acceptors (Lipinski definition) is 5. The lowest BCUT2D eigenvalue weighted by Gasteiger charge is -2.29. The fourth-order valence-corrected chi connectivity index (χ4v) is 5.91. The van der Waals surface area contributed by atoms with Crippen molar-refractivity contribution in [1.29, 1.82) is 0 Å². The van der Waals surface area contributed by atoms with E-state index >= 15 is 0 Å². The fraction of sp³-hybridized carbons (Fsp3) is 0.172. The van der Waals surface area contributed by atoms with Crippen LogP contribution >= 0.6 is 45.8 Å². The van der Waals surface area contributed by atoms with Crippen molar-refractivity contribution in [3.63, 3.8) is 0 Å². The van der Waals surface area contributed by atoms with Crippen LogP contribution in [0.25, 0.3) is 5.70 Å². The zero-order valence-corrected chi connectivity index (χ0v) is 23.7. The maximum Gasteiger partial charge on any atom is 0.336 e. The molecule has 1 aliphatic carbocycles. The van der Waals surface area contributed by atoms with Crippen LogP contribution in [0.1, 0.15) is 46.8 Å². The van der Waals surface area contributed by atoms with Gasteiger partial charge < -0.3 is 14.8 Å². The fourth-order valence-electron chi connectivity index (χ4n) is 4.75. The molecular formula is C29H22Cl2INO4. The highest BCUT2D eigenvalue weighted by Crippen LogP contribution is 2.47. The number of carbonyl (C=O) groups excluding carboxylic acids is 2. The molecule has 3 aromatic carbocycles. The van der Waals surface area contributed by atoms with Gasteiger partial charge in [0.25, 0.3) is 0 Å². The summed E-state index contributed by atoms with van der Waals surface area (Å²) in [6.45, 7) is 4.12. The predicted octanol–water partition coefficient (Wildman–Crippen LogP) is 7.31. The quantitative estimate of drug-likeness (QED) is 0.225. The molecule has 0 saturated heterocycles. The van der Waals surface area contributed by atoms with E-state index in [-0.39, 0.29) is 19.0 Å². The van der Waals surface area contributed by atoms with Crippen molar-refractivity contribution in [2.24, 2.45) is 0 Å². The number of nitrogens with one attached hydrogen (secondary N) is 1. The first-order valence-corrected chi connectivity index (χ1v) is 13.5. The number of hydrogen-bond donors (Lipinski definition) is 1. The zero-order valence-electron chi connectivity index (χ0n) is 20.0. The van der Waals surface area contributed by atoms with Crippen LogP contribution in [0.3, 0.4) is 0 Å². The number of Topliss-reactive ketones (excluding diaryl/α,β-unsaturated/α-hetero) is 1. The average molecular weight is 646 g/mol. The number of fused-ring (bicyclic) bond motifs is 2. The van der Waals surface area contributed by atoms with Gasteiger partial charge in [-0.05, 0) is 66.3 Å². The number of ether oxygens (including phenoxy) is 2. The Labute approximate surface area is 238 Å². The Balaban J connectivity index is 1.53. The van der Waals surface area contributed by atoms with Crippen LogP contribution in [0, 0.1) is 3.57 Å². The molecule has 0 fully saturated rings. The third-order valence-electron chi connectivity index (χ3n) is 6.43. The minimum atomic E-state index is -0.580. The molecule has 1 aliphatic heterocycles. The summed E-state index contributed by atoms with van der Waals surface area (Å²) in [5, 5.41) is 4.41. The van der Waals surface area contributed by atoms with Gasteiger partial charge in [-0.25, -0.2) is 4.79 Å². The van der Waals surface area contributed by atoms with Crippen molar-refractivity contribution in [1.82, 2.24) is 5.32 Å². The van der Waals surface area contributed by atoms with Gasteiger partial charge in [-0.1, -0.05) is 59.6 Å². The van der Waals surface area contributed by atoms with E-state index in [4.69, 9.17) is 32.7 Å². The molecule has 5 rings (SSSR count). The van der Waals surface area contributed by atoms with E-state index in [1.165, 1.54) is 0 Å². The SMILES string of the molecule is CCOC(=O)C1=C(C)NC2=C(C(=O)c3ccccc32)[C@@H]1c1ccc(OCc2ccc(Cl)cc2Cl)c(I)c1. The van der Waals surface area contributed by atoms with Gasteiger partial charge in [-0.15, -0.1) is 0 Å². The Morgan fingerprint density at radius 3 is 2.51 bits per heavy atom. The highest BCUT2D eigenvalue weighted by Gasteiger charge is 2.43. The van der Waals surface area contributed by atoms with Crippen molar-refractivity contribution in [2.45, 2.75) is 26.4 Å².